The average molecular weight is 469 g/mol. The molecule has 3 aromatic rings. The van der Waals surface area contributed by atoms with E-state index in [1.807, 2.05) is 6.92 Å². The van der Waals surface area contributed by atoms with Crippen LogP contribution in [0.15, 0.2) is 23.4 Å². The van der Waals surface area contributed by atoms with Gasteiger partial charge >= 0.3 is 0 Å². The van der Waals surface area contributed by atoms with Gasteiger partial charge in [0.2, 0.25) is 10.0 Å². The summed E-state index contributed by atoms with van der Waals surface area (Å²) >= 11 is 0.758. The molecule has 0 spiro atoms. The van der Waals surface area contributed by atoms with Crippen LogP contribution in [0.3, 0.4) is 0 Å². The van der Waals surface area contributed by atoms with Gasteiger partial charge in [-0.25, -0.2) is 26.9 Å². The first kappa shape index (κ1) is 20.9. The van der Waals surface area contributed by atoms with Crippen LogP contribution in [-0.4, -0.2) is 46.6 Å². The number of piperidine rings is 1. The minimum absolute atomic E-state index is 0.138. The van der Waals surface area contributed by atoms with Crippen LogP contribution in [0.4, 0.5) is 8.78 Å². The molecule has 0 aromatic carbocycles. The third-order valence-electron chi connectivity index (χ3n) is 5.94. The Morgan fingerprint density at radius 2 is 2.03 bits per heavy atom. The number of fused-ring (bicyclic) bond motifs is 1. The molecule has 3 aromatic heterocycles. The number of hydrogen-bond donors (Lipinski definition) is 2. The Morgan fingerprint density at radius 1 is 1.29 bits per heavy atom. The quantitative estimate of drug-likeness (QED) is 0.577. The van der Waals surface area contributed by atoms with Gasteiger partial charge in [0.1, 0.15) is 0 Å². The van der Waals surface area contributed by atoms with Gasteiger partial charge in [-0.05, 0) is 63.2 Å². The molecule has 0 amide bonds. The second-order valence-electron chi connectivity index (χ2n) is 8.40. The highest BCUT2D eigenvalue weighted by molar-refractivity contribution is 7.89. The fraction of sp³-hybridized carbons (Fsp3) is 0.526. The van der Waals surface area contributed by atoms with Crippen molar-refractivity contribution in [2.45, 2.75) is 55.4 Å². The van der Waals surface area contributed by atoms with Crippen LogP contribution in [0.5, 0.6) is 0 Å². The monoisotopic (exact) mass is 468 g/mol. The van der Waals surface area contributed by atoms with Crippen LogP contribution in [-0.2, 0) is 10.0 Å². The third-order valence-corrected chi connectivity index (χ3v) is 8.47. The molecule has 4 heterocycles. The van der Waals surface area contributed by atoms with E-state index in [1.54, 1.807) is 16.7 Å². The zero-order valence-corrected chi connectivity index (χ0v) is 18.4. The minimum Gasteiger partial charge on any atom is -0.317 e. The maximum atomic E-state index is 13.1. The molecular weight excluding hydrogens is 446 g/mol. The van der Waals surface area contributed by atoms with Crippen molar-refractivity contribution in [1.82, 2.24) is 29.6 Å². The lowest BCUT2D eigenvalue weighted by molar-refractivity contribution is 0.150. The Morgan fingerprint density at radius 3 is 2.68 bits per heavy atom. The molecule has 1 aliphatic heterocycles. The van der Waals surface area contributed by atoms with E-state index in [-0.39, 0.29) is 15.8 Å². The summed E-state index contributed by atoms with van der Waals surface area (Å²) in [6.07, 6.45) is 3.78. The molecule has 2 fully saturated rings. The molecule has 1 saturated heterocycles. The van der Waals surface area contributed by atoms with Gasteiger partial charge in [0.25, 0.3) is 6.43 Å². The fourth-order valence-corrected chi connectivity index (χ4v) is 6.14. The van der Waals surface area contributed by atoms with Gasteiger partial charge in [0, 0.05) is 11.7 Å². The predicted octanol–water partition coefficient (Wildman–Crippen LogP) is 3.09. The van der Waals surface area contributed by atoms with E-state index in [0.29, 0.717) is 5.82 Å². The average Bonchev–Trinajstić information content (AvgIpc) is 3.13. The summed E-state index contributed by atoms with van der Waals surface area (Å²) in [6, 6.07) is 1.73. The van der Waals surface area contributed by atoms with Gasteiger partial charge in [0.15, 0.2) is 15.8 Å². The number of nitrogens with one attached hydrogen (secondary N) is 2. The molecule has 1 saturated carbocycles. The smallest absolute Gasteiger partial charge is 0.291 e. The number of aromatic nitrogens is 4. The van der Waals surface area contributed by atoms with E-state index in [9.17, 15) is 17.2 Å². The lowest BCUT2D eigenvalue weighted by Crippen LogP contribution is -2.34. The van der Waals surface area contributed by atoms with Crippen LogP contribution in [0, 0.1) is 0 Å². The number of alkyl halides is 2. The highest BCUT2D eigenvalue weighted by atomic mass is 32.2. The Kier molecular flexibility index (Phi) is 5.07. The Balaban J connectivity index is 1.66. The Labute approximate surface area is 182 Å². The Bertz CT molecular complexity index is 1230. The molecule has 166 valence electrons. The molecule has 0 atom stereocenters. The maximum absolute atomic E-state index is 13.1. The van der Waals surface area contributed by atoms with Gasteiger partial charge in [0.05, 0.1) is 16.6 Å². The molecule has 2 N–H and O–H groups in total. The fourth-order valence-electron chi connectivity index (χ4n) is 3.95. The molecule has 0 unspecified atom stereocenters. The third kappa shape index (κ3) is 3.97. The van der Waals surface area contributed by atoms with E-state index in [0.717, 1.165) is 61.2 Å². The number of nitrogens with zero attached hydrogens (tertiary/aromatic N) is 4. The summed E-state index contributed by atoms with van der Waals surface area (Å²) in [4.78, 5) is 4.54. The zero-order chi connectivity index (χ0) is 21.8. The highest BCUT2D eigenvalue weighted by Crippen LogP contribution is 2.38. The molecule has 31 heavy (non-hydrogen) atoms. The molecule has 2 aliphatic rings. The summed E-state index contributed by atoms with van der Waals surface area (Å²) in [6.45, 7) is 3.57. The van der Waals surface area contributed by atoms with Crippen LogP contribution >= 0.6 is 11.3 Å². The summed E-state index contributed by atoms with van der Waals surface area (Å²) in [5.74, 6) is 0.482. The van der Waals surface area contributed by atoms with Gasteiger partial charge in [-0.1, -0.05) is 11.3 Å². The molecule has 0 bridgehead atoms. The predicted molar refractivity (Wildman–Crippen MR) is 112 cm³/mol. The van der Waals surface area contributed by atoms with E-state index in [2.05, 4.69) is 25.2 Å². The van der Waals surface area contributed by atoms with E-state index in [4.69, 9.17) is 0 Å². The molecule has 0 radical (unpaired) electrons. The number of hydrogen-bond acceptors (Lipinski definition) is 7. The van der Waals surface area contributed by atoms with Crippen molar-refractivity contribution < 1.29 is 17.2 Å². The van der Waals surface area contributed by atoms with Crippen LogP contribution in [0.25, 0.3) is 16.3 Å². The number of imidazole rings is 1. The first-order valence-corrected chi connectivity index (χ1v) is 12.4. The molecule has 12 heteroatoms. The van der Waals surface area contributed by atoms with E-state index in [1.165, 1.54) is 6.20 Å². The SMILES string of the molecule is CC1(NS(=O)(=O)c2cc(C3CCNCC3)c3cnc(-c4nnc(C(F)F)s4)n3c2)CC1. The van der Waals surface area contributed by atoms with Crippen LogP contribution in [0.2, 0.25) is 0 Å². The zero-order valence-electron chi connectivity index (χ0n) is 16.8. The number of sulfonamides is 1. The van der Waals surface area contributed by atoms with E-state index >= 15 is 0 Å². The summed E-state index contributed by atoms with van der Waals surface area (Å²) in [5.41, 5.74) is 1.24. The first-order valence-electron chi connectivity index (χ1n) is 10.1. The van der Waals surface area contributed by atoms with E-state index < -0.39 is 27.0 Å². The number of halogens is 2. The van der Waals surface area contributed by atoms with Gasteiger partial charge in [-0.15, -0.1) is 10.2 Å². The summed E-state index contributed by atoms with van der Waals surface area (Å²) in [7, 11) is -3.76. The van der Waals surface area contributed by atoms with Crippen LogP contribution < -0.4 is 10.0 Å². The van der Waals surface area contributed by atoms with Crippen molar-refractivity contribution in [1.29, 1.82) is 0 Å². The first-order chi connectivity index (χ1) is 14.8. The number of rotatable bonds is 6. The maximum Gasteiger partial charge on any atom is 0.291 e. The second kappa shape index (κ2) is 7.54. The molecule has 5 rings (SSSR count). The largest absolute Gasteiger partial charge is 0.317 e. The lowest BCUT2D eigenvalue weighted by Gasteiger charge is -2.24. The normalized spacial score (nSPS) is 19.4. The van der Waals surface area contributed by atoms with Crippen molar-refractivity contribution in [3.63, 3.8) is 0 Å². The second-order valence-corrected chi connectivity index (χ2v) is 11.1. The van der Waals surface area contributed by atoms with Crippen LogP contribution in [0.1, 0.15) is 55.5 Å². The highest BCUT2D eigenvalue weighted by Gasteiger charge is 2.41. The number of pyridine rings is 1. The van der Waals surface area contributed by atoms with Crippen molar-refractivity contribution >= 4 is 26.9 Å². The summed E-state index contributed by atoms with van der Waals surface area (Å²) < 4.78 is 56.8. The van der Waals surface area contributed by atoms with Gasteiger partial charge in [-0.2, -0.15) is 0 Å². The van der Waals surface area contributed by atoms with Gasteiger partial charge < -0.3 is 5.32 Å². The molecular formula is C19H22F2N6O2S2. The van der Waals surface area contributed by atoms with Crippen molar-refractivity contribution in [3.8, 4) is 10.8 Å². The van der Waals surface area contributed by atoms with Crippen molar-refractivity contribution in [2.75, 3.05) is 13.1 Å². The summed E-state index contributed by atoms with van der Waals surface area (Å²) in [5, 5.41) is 10.6. The Hall–Kier alpha value is -2.02. The standard InChI is InChI=1S/C19H22F2N6O2S2/c1-19(4-5-19)26-31(28,29)12-8-13(11-2-6-22-7-3-11)14-9-23-16(27(14)10-12)18-25-24-17(30-18)15(20)21/h8-11,15,22,26H,2-7H2,1H3. The minimum atomic E-state index is -3.76. The lowest BCUT2D eigenvalue weighted by atomic mass is 9.90. The van der Waals surface area contributed by atoms with Crippen molar-refractivity contribution in [3.05, 3.63) is 29.0 Å². The van der Waals surface area contributed by atoms with Gasteiger partial charge in [-0.3, -0.25) is 4.40 Å². The topological polar surface area (TPSA) is 101 Å². The molecule has 8 nitrogen and oxygen atoms in total. The molecule has 1 aliphatic carbocycles. The van der Waals surface area contributed by atoms with Crippen molar-refractivity contribution in [2.24, 2.45) is 0 Å².